The van der Waals surface area contributed by atoms with Crippen LogP contribution in [0.25, 0.3) is 0 Å². The molecule has 0 N–H and O–H groups in total. The topological polar surface area (TPSA) is 22.1 Å². The summed E-state index contributed by atoms with van der Waals surface area (Å²) in [5.74, 6) is 0.820. The molecule has 0 aliphatic rings. The van der Waals surface area contributed by atoms with Crippen molar-refractivity contribution in [2.24, 2.45) is 0 Å². The highest BCUT2D eigenvalue weighted by Gasteiger charge is 1.96. The van der Waals surface area contributed by atoms with Gasteiger partial charge in [-0.05, 0) is 24.1 Å². The van der Waals surface area contributed by atoms with Gasteiger partial charge in [0.15, 0.2) is 0 Å². The summed E-state index contributed by atoms with van der Waals surface area (Å²) < 4.78 is 5.63. The van der Waals surface area contributed by atoms with Crippen molar-refractivity contribution < 1.29 is 4.74 Å². The smallest absolute Gasteiger partial charge is 0.138 e. The molecule has 1 aromatic heterocycles. The number of hydrogen-bond donors (Lipinski definition) is 0. The molecular formula is C14H15NO. The van der Waals surface area contributed by atoms with Crippen LogP contribution in [-0.4, -0.2) is 4.98 Å². The number of nitrogens with zero attached hydrogens (tertiary/aromatic N) is 1. The van der Waals surface area contributed by atoms with E-state index in [1.165, 1.54) is 5.56 Å². The number of rotatable bonds is 4. The molecule has 0 unspecified atom stereocenters. The minimum absolute atomic E-state index is 0.591. The number of pyridine rings is 1. The van der Waals surface area contributed by atoms with Crippen molar-refractivity contribution in [1.29, 1.82) is 0 Å². The molecule has 2 rings (SSSR count). The van der Waals surface area contributed by atoms with Gasteiger partial charge >= 0.3 is 0 Å². The number of benzene rings is 1. The van der Waals surface area contributed by atoms with Crippen LogP contribution in [0.5, 0.6) is 5.75 Å². The molecule has 0 spiro atoms. The molecule has 0 aliphatic heterocycles. The van der Waals surface area contributed by atoms with E-state index in [4.69, 9.17) is 4.74 Å². The summed E-state index contributed by atoms with van der Waals surface area (Å²) in [5.41, 5.74) is 2.26. The molecule has 2 heteroatoms. The van der Waals surface area contributed by atoms with Gasteiger partial charge in [-0.2, -0.15) is 0 Å². The summed E-state index contributed by atoms with van der Waals surface area (Å²) in [5, 5.41) is 0. The Balaban J connectivity index is 1.94. The Bertz CT molecular complexity index is 422. The second-order valence-electron chi connectivity index (χ2n) is 3.61. The molecule has 16 heavy (non-hydrogen) atoms. The molecule has 0 saturated heterocycles. The standard InChI is InChI=1S/C14H15NO/c1-2-13-8-9-14(10-15-13)16-11-12-6-4-3-5-7-12/h3-10H,2,11H2,1H3. The third kappa shape index (κ3) is 2.83. The van der Waals surface area contributed by atoms with E-state index in [9.17, 15) is 0 Å². The Morgan fingerprint density at radius 1 is 1.06 bits per heavy atom. The molecule has 0 atom stereocenters. The van der Waals surface area contributed by atoms with Crippen molar-refractivity contribution in [2.75, 3.05) is 0 Å². The average Bonchev–Trinajstić information content (AvgIpc) is 2.38. The van der Waals surface area contributed by atoms with Crippen LogP contribution < -0.4 is 4.74 Å². The fraction of sp³-hybridized carbons (Fsp3) is 0.214. The molecule has 0 bridgehead atoms. The third-order valence-electron chi connectivity index (χ3n) is 2.41. The summed E-state index contributed by atoms with van der Waals surface area (Å²) in [6.45, 7) is 2.68. The first kappa shape index (κ1) is 10.7. The lowest BCUT2D eigenvalue weighted by atomic mass is 10.2. The quantitative estimate of drug-likeness (QED) is 0.778. The van der Waals surface area contributed by atoms with Crippen LogP contribution in [0.3, 0.4) is 0 Å². The zero-order valence-corrected chi connectivity index (χ0v) is 9.39. The number of aromatic nitrogens is 1. The Hall–Kier alpha value is -1.83. The summed E-state index contributed by atoms with van der Waals surface area (Å²) in [6.07, 6.45) is 2.74. The first-order chi connectivity index (χ1) is 7.88. The maximum Gasteiger partial charge on any atom is 0.138 e. The van der Waals surface area contributed by atoms with E-state index in [1.807, 2.05) is 42.5 Å². The van der Waals surface area contributed by atoms with E-state index in [1.54, 1.807) is 6.20 Å². The molecule has 82 valence electrons. The predicted octanol–water partition coefficient (Wildman–Crippen LogP) is 3.22. The molecule has 1 heterocycles. The Kier molecular flexibility index (Phi) is 3.54. The molecule has 0 saturated carbocycles. The van der Waals surface area contributed by atoms with Crippen LogP contribution in [0.15, 0.2) is 48.7 Å². The molecule has 0 amide bonds. The van der Waals surface area contributed by atoms with E-state index in [2.05, 4.69) is 11.9 Å². The van der Waals surface area contributed by atoms with Gasteiger partial charge in [-0.1, -0.05) is 37.3 Å². The van der Waals surface area contributed by atoms with Gasteiger partial charge in [0.25, 0.3) is 0 Å². The zero-order chi connectivity index (χ0) is 11.2. The van der Waals surface area contributed by atoms with Crippen LogP contribution in [0.1, 0.15) is 18.2 Å². The Labute approximate surface area is 95.9 Å². The molecule has 0 radical (unpaired) electrons. The average molecular weight is 213 g/mol. The molecule has 0 aliphatic carbocycles. The van der Waals surface area contributed by atoms with Gasteiger partial charge < -0.3 is 4.74 Å². The van der Waals surface area contributed by atoms with Crippen molar-refractivity contribution in [3.05, 3.63) is 59.9 Å². The minimum Gasteiger partial charge on any atom is -0.487 e. The number of hydrogen-bond acceptors (Lipinski definition) is 2. The summed E-state index contributed by atoms with van der Waals surface area (Å²) in [4.78, 5) is 4.28. The van der Waals surface area contributed by atoms with Crippen LogP contribution in [0, 0.1) is 0 Å². The van der Waals surface area contributed by atoms with Gasteiger partial charge in [0.05, 0.1) is 6.20 Å². The van der Waals surface area contributed by atoms with Gasteiger partial charge in [0, 0.05) is 5.69 Å². The normalized spacial score (nSPS) is 10.1. The van der Waals surface area contributed by atoms with E-state index in [-0.39, 0.29) is 0 Å². The van der Waals surface area contributed by atoms with Crippen molar-refractivity contribution in [3.63, 3.8) is 0 Å². The van der Waals surface area contributed by atoms with E-state index < -0.39 is 0 Å². The van der Waals surface area contributed by atoms with E-state index in [0.717, 1.165) is 17.9 Å². The fourth-order valence-electron chi connectivity index (χ4n) is 1.45. The van der Waals surface area contributed by atoms with Crippen LogP contribution >= 0.6 is 0 Å². The van der Waals surface area contributed by atoms with Crippen LogP contribution in [0.2, 0.25) is 0 Å². The van der Waals surface area contributed by atoms with Gasteiger partial charge in [-0.15, -0.1) is 0 Å². The summed E-state index contributed by atoms with van der Waals surface area (Å²) in [6, 6.07) is 14.1. The number of aryl methyl sites for hydroxylation is 1. The lowest BCUT2D eigenvalue weighted by molar-refractivity contribution is 0.305. The van der Waals surface area contributed by atoms with Gasteiger partial charge in [-0.25, -0.2) is 0 Å². The molecule has 1 aromatic carbocycles. The second kappa shape index (κ2) is 5.31. The maximum absolute atomic E-state index is 5.63. The summed E-state index contributed by atoms with van der Waals surface area (Å²) in [7, 11) is 0. The van der Waals surface area contributed by atoms with E-state index >= 15 is 0 Å². The van der Waals surface area contributed by atoms with Crippen LogP contribution in [0.4, 0.5) is 0 Å². The molecule has 2 nitrogen and oxygen atoms in total. The van der Waals surface area contributed by atoms with E-state index in [0.29, 0.717) is 6.61 Å². The van der Waals surface area contributed by atoms with Gasteiger partial charge in [0.2, 0.25) is 0 Å². The summed E-state index contributed by atoms with van der Waals surface area (Å²) >= 11 is 0. The highest BCUT2D eigenvalue weighted by molar-refractivity contribution is 5.21. The highest BCUT2D eigenvalue weighted by atomic mass is 16.5. The molecule has 0 fully saturated rings. The SMILES string of the molecule is CCc1ccc(OCc2ccccc2)cn1. The largest absolute Gasteiger partial charge is 0.487 e. The lowest BCUT2D eigenvalue weighted by Crippen LogP contribution is -1.96. The Morgan fingerprint density at radius 2 is 1.88 bits per heavy atom. The van der Waals surface area contributed by atoms with Crippen molar-refractivity contribution in [1.82, 2.24) is 4.98 Å². The second-order valence-corrected chi connectivity index (χ2v) is 3.61. The number of ether oxygens (including phenoxy) is 1. The lowest BCUT2D eigenvalue weighted by Gasteiger charge is -2.06. The van der Waals surface area contributed by atoms with Crippen molar-refractivity contribution >= 4 is 0 Å². The van der Waals surface area contributed by atoms with Crippen molar-refractivity contribution in [3.8, 4) is 5.75 Å². The predicted molar refractivity (Wildman–Crippen MR) is 64.4 cm³/mol. The Morgan fingerprint density at radius 3 is 2.50 bits per heavy atom. The minimum atomic E-state index is 0.591. The molecular weight excluding hydrogens is 198 g/mol. The monoisotopic (exact) mass is 213 g/mol. The van der Waals surface area contributed by atoms with Gasteiger partial charge in [0.1, 0.15) is 12.4 Å². The first-order valence-electron chi connectivity index (χ1n) is 5.50. The fourth-order valence-corrected chi connectivity index (χ4v) is 1.45. The van der Waals surface area contributed by atoms with Gasteiger partial charge in [-0.3, -0.25) is 4.98 Å². The molecule has 2 aromatic rings. The highest BCUT2D eigenvalue weighted by Crippen LogP contribution is 2.11. The maximum atomic E-state index is 5.63. The third-order valence-corrected chi connectivity index (χ3v) is 2.41. The first-order valence-corrected chi connectivity index (χ1v) is 5.50. The van der Waals surface area contributed by atoms with Crippen molar-refractivity contribution in [2.45, 2.75) is 20.0 Å². The van der Waals surface area contributed by atoms with Crippen LogP contribution in [-0.2, 0) is 13.0 Å². The zero-order valence-electron chi connectivity index (χ0n) is 9.39.